The van der Waals surface area contributed by atoms with Crippen molar-refractivity contribution < 1.29 is 30.0 Å². The average Bonchev–Trinajstić information content (AvgIpc) is 2.02. The summed E-state index contributed by atoms with van der Waals surface area (Å²) in [5, 5.41) is 34.3. The highest BCUT2D eigenvalue weighted by atomic mass is 16.4. The van der Waals surface area contributed by atoms with Gasteiger partial charge in [0, 0.05) is 6.42 Å². The molecule has 3 atom stereocenters. The molecule has 0 saturated heterocycles. The van der Waals surface area contributed by atoms with E-state index >= 15 is 0 Å². The first-order chi connectivity index (χ1) is 5.49. The Morgan fingerprint density at radius 2 is 1.83 bits per heavy atom. The summed E-state index contributed by atoms with van der Waals surface area (Å²) >= 11 is 0. The molecule has 0 fully saturated rings. The van der Waals surface area contributed by atoms with Gasteiger partial charge < -0.3 is 25.2 Å². The number of hydrogen-bond donors (Lipinski definition) is 4. The highest BCUT2D eigenvalue weighted by molar-refractivity contribution is 5.72. The van der Waals surface area contributed by atoms with Gasteiger partial charge in [0.05, 0.1) is 6.10 Å². The molecule has 12 heavy (non-hydrogen) atoms. The zero-order valence-corrected chi connectivity index (χ0v) is 6.12. The molecular weight excluding hydrogens is 168 g/mol. The highest BCUT2D eigenvalue weighted by Crippen LogP contribution is 2.01. The van der Waals surface area contributed by atoms with Crippen LogP contribution in [-0.2, 0) is 9.59 Å². The Morgan fingerprint density at radius 1 is 1.33 bits per heavy atom. The number of rotatable bonds is 5. The number of aliphatic carboxylic acids is 1. The largest absolute Gasteiger partial charge is 0.479 e. The van der Waals surface area contributed by atoms with Crippen LogP contribution in [0.15, 0.2) is 0 Å². The fourth-order valence-electron chi connectivity index (χ4n) is 0.596. The molecule has 6 nitrogen and oxygen atoms in total. The molecule has 0 aromatic heterocycles. The Bertz CT molecular complexity index is 167. The lowest BCUT2D eigenvalue weighted by Gasteiger charge is -2.14. The molecule has 0 amide bonds. The van der Waals surface area contributed by atoms with E-state index in [-0.39, 0.29) is 6.29 Å². The number of hydrogen-bond acceptors (Lipinski definition) is 5. The lowest BCUT2D eigenvalue weighted by Crippen LogP contribution is -2.36. The summed E-state index contributed by atoms with van der Waals surface area (Å²) < 4.78 is 0. The SMILES string of the molecule is O=C[C@H](O)C[C@H](O)[C@H](O)C(=O)O. The number of carboxylic acid groups (broad SMARTS) is 1. The normalized spacial score (nSPS) is 17.9. The summed E-state index contributed by atoms with van der Waals surface area (Å²) in [6.07, 6.45) is -5.40. The predicted molar refractivity (Wildman–Crippen MR) is 36.3 cm³/mol. The van der Waals surface area contributed by atoms with Crippen molar-refractivity contribution in [2.24, 2.45) is 0 Å². The quantitative estimate of drug-likeness (QED) is 0.353. The zero-order chi connectivity index (χ0) is 9.72. The molecule has 0 aliphatic carbocycles. The van der Waals surface area contributed by atoms with Crippen molar-refractivity contribution in [1.29, 1.82) is 0 Å². The van der Waals surface area contributed by atoms with Gasteiger partial charge in [-0.2, -0.15) is 0 Å². The van der Waals surface area contributed by atoms with Crippen LogP contribution in [0.25, 0.3) is 0 Å². The Hall–Kier alpha value is -0.980. The van der Waals surface area contributed by atoms with Gasteiger partial charge >= 0.3 is 5.97 Å². The van der Waals surface area contributed by atoms with E-state index in [2.05, 4.69) is 0 Å². The Kier molecular flexibility index (Phi) is 4.42. The van der Waals surface area contributed by atoms with Crippen LogP contribution in [-0.4, -0.2) is 51.0 Å². The van der Waals surface area contributed by atoms with Crippen molar-refractivity contribution >= 4 is 12.3 Å². The number of carbonyl (C=O) groups is 2. The van der Waals surface area contributed by atoms with Crippen LogP contribution in [0, 0.1) is 0 Å². The molecule has 0 bridgehead atoms. The van der Waals surface area contributed by atoms with Crippen molar-refractivity contribution in [3.63, 3.8) is 0 Å². The molecule has 0 aliphatic rings. The molecule has 0 heterocycles. The summed E-state index contributed by atoms with van der Waals surface area (Å²) in [5.74, 6) is -1.60. The van der Waals surface area contributed by atoms with Crippen LogP contribution in [0.5, 0.6) is 0 Å². The minimum Gasteiger partial charge on any atom is -0.479 e. The maximum Gasteiger partial charge on any atom is 0.335 e. The first kappa shape index (κ1) is 11.0. The van der Waals surface area contributed by atoms with Crippen molar-refractivity contribution in [1.82, 2.24) is 0 Å². The summed E-state index contributed by atoms with van der Waals surface area (Å²) in [5.41, 5.74) is 0. The van der Waals surface area contributed by atoms with Gasteiger partial charge in [0.2, 0.25) is 0 Å². The molecule has 70 valence electrons. The molecule has 6 heteroatoms. The minimum absolute atomic E-state index is 0.151. The first-order valence-corrected chi connectivity index (χ1v) is 3.21. The van der Waals surface area contributed by atoms with Crippen LogP contribution in [0.1, 0.15) is 6.42 Å². The molecule has 0 aromatic carbocycles. The number of carboxylic acids is 1. The van der Waals surface area contributed by atoms with Crippen molar-refractivity contribution in [2.45, 2.75) is 24.7 Å². The molecule has 0 unspecified atom stereocenters. The third-order valence-corrected chi connectivity index (χ3v) is 1.26. The molecule has 0 spiro atoms. The second-order valence-electron chi connectivity index (χ2n) is 2.29. The topological polar surface area (TPSA) is 115 Å². The van der Waals surface area contributed by atoms with Crippen molar-refractivity contribution in [2.75, 3.05) is 0 Å². The standard InChI is InChI=1S/C6H10O6/c7-2-3(8)1-4(9)5(10)6(11)12/h2-5,8-10H,1H2,(H,11,12)/t3-,4+,5+/m1/s1. The van der Waals surface area contributed by atoms with E-state index in [1.165, 1.54) is 0 Å². The summed E-state index contributed by atoms with van der Waals surface area (Å²) in [7, 11) is 0. The summed E-state index contributed by atoms with van der Waals surface area (Å²) in [6, 6.07) is 0. The van der Waals surface area contributed by atoms with Gasteiger partial charge in [-0.15, -0.1) is 0 Å². The number of aliphatic hydroxyl groups excluding tert-OH is 3. The second kappa shape index (κ2) is 4.81. The van der Waals surface area contributed by atoms with E-state index in [4.69, 9.17) is 20.4 Å². The maximum atomic E-state index is 10.0. The Balaban J connectivity index is 3.94. The van der Waals surface area contributed by atoms with Gasteiger partial charge in [-0.3, -0.25) is 0 Å². The molecule has 0 aromatic rings. The number of aliphatic hydroxyl groups is 3. The van der Waals surface area contributed by atoms with E-state index in [0.717, 1.165) is 0 Å². The molecular formula is C6H10O6. The van der Waals surface area contributed by atoms with E-state index < -0.39 is 30.7 Å². The monoisotopic (exact) mass is 178 g/mol. The van der Waals surface area contributed by atoms with Crippen LogP contribution < -0.4 is 0 Å². The smallest absolute Gasteiger partial charge is 0.335 e. The fraction of sp³-hybridized carbons (Fsp3) is 0.667. The van der Waals surface area contributed by atoms with Gasteiger partial charge in [-0.25, -0.2) is 4.79 Å². The Labute approximate surface area is 68.1 Å². The van der Waals surface area contributed by atoms with E-state index in [9.17, 15) is 9.59 Å². The number of aldehydes is 1. The fourth-order valence-corrected chi connectivity index (χ4v) is 0.596. The Morgan fingerprint density at radius 3 is 2.17 bits per heavy atom. The first-order valence-electron chi connectivity index (χ1n) is 3.21. The van der Waals surface area contributed by atoms with Crippen molar-refractivity contribution in [3.05, 3.63) is 0 Å². The molecule has 0 radical (unpaired) electrons. The molecule has 0 rings (SSSR count). The van der Waals surface area contributed by atoms with E-state index in [0.29, 0.717) is 0 Å². The zero-order valence-electron chi connectivity index (χ0n) is 6.12. The van der Waals surface area contributed by atoms with Crippen LogP contribution in [0.3, 0.4) is 0 Å². The maximum absolute atomic E-state index is 10.0. The molecule has 0 aliphatic heterocycles. The van der Waals surface area contributed by atoms with E-state index in [1.54, 1.807) is 0 Å². The van der Waals surface area contributed by atoms with E-state index in [1.807, 2.05) is 0 Å². The lowest BCUT2D eigenvalue weighted by molar-refractivity contribution is -0.154. The second-order valence-corrected chi connectivity index (χ2v) is 2.29. The third kappa shape index (κ3) is 3.42. The van der Waals surface area contributed by atoms with Gasteiger partial charge in [-0.1, -0.05) is 0 Å². The van der Waals surface area contributed by atoms with Crippen LogP contribution in [0.4, 0.5) is 0 Å². The third-order valence-electron chi connectivity index (χ3n) is 1.26. The van der Waals surface area contributed by atoms with Crippen molar-refractivity contribution in [3.8, 4) is 0 Å². The summed E-state index contributed by atoms with van der Waals surface area (Å²) in [6.45, 7) is 0. The highest BCUT2D eigenvalue weighted by Gasteiger charge is 2.25. The average molecular weight is 178 g/mol. The van der Waals surface area contributed by atoms with Gasteiger partial charge in [-0.05, 0) is 0 Å². The summed E-state index contributed by atoms with van der Waals surface area (Å²) in [4.78, 5) is 19.9. The van der Waals surface area contributed by atoms with Crippen LogP contribution in [0.2, 0.25) is 0 Å². The molecule has 4 N–H and O–H groups in total. The number of carbonyl (C=O) groups excluding carboxylic acids is 1. The minimum atomic E-state index is -1.97. The predicted octanol–water partition coefficient (Wildman–Crippen LogP) is -2.26. The van der Waals surface area contributed by atoms with Gasteiger partial charge in [0.1, 0.15) is 12.4 Å². The van der Waals surface area contributed by atoms with Crippen LogP contribution >= 0.6 is 0 Å². The lowest BCUT2D eigenvalue weighted by atomic mass is 10.1. The van der Waals surface area contributed by atoms with Gasteiger partial charge in [0.25, 0.3) is 0 Å². The van der Waals surface area contributed by atoms with Gasteiger partial charge in [0.15, 0.2) is 6.10 Å². The molecule has 0 saturated carbocycles.